The minimum Gasteiger partial charge on any atom is -0.482 e. The molecule has 1 N–H and O–H groups in total. The third-order valence-corrected chi connectivity index (χ3v) is 4.58. The van der Waals surface area contributed by atoms with Gasteiger partial charge in [0, 0.05) is 17.6 Å². The summed E-state index contributed by atoms with van der Waals surface area (Å²) in [7, 11) is 0. The van der Waals surface area contributed by atoms with Crippen molar-refractivity contribution in [2.24, 2.45) is 0 Å². The van der Waals surface area contributed by atoms with Crippen molar-refractivity contribution in [2.45, 2.75) is 37.8 Å². The normalized spacial score (nSPS) is 20.4. The molecule has 1 atom stereocenters. The summed E-state index contributed by atoms with van der Waals surface area (Å²) in [6.07, 6.45) is 3.59. The standard InChI is InChI=1S/C16H18Cl2N2O3/c17-10-3-6-14(12(18)8-10)23-9-15(21)20-7-1-2-13(20)16(22)19-11-4-5-11/h3,6,8,11,13H,1-2,4-5,7,9H2,(H,19,22). The summed E-state index contributed by atoms with van der Waals surface area (Å²) in [5.74, 6) is 0.148. The van der Waals surface area contributed by atoms with Crippen LogP contribution in [0.3, 0.4) is 0 Å². The van der Waals surface area contributed by atoms with Gasteiger partial charge in [-0.1, -0.05) is 23.2 Å². The second-order valence-corrected chi connectivity index (χ2v) is 6.74. The average molecular weight is 357 g/mol. The number of benzene rings is 1. The number of hydrogen-bond donors (Lipinski definition) is 1. The minimum absolute atomic E-state index is 0.0529. The molecule has 2 aliphatic rings. The summed E-state index contributed by atoms with van der Waals surface area (Å²) < 4.78 is 5.47. The van der Waals surface area contributed by atoms with E-state index in [1.54, 1.807) is 23.1 Å². The predicted octanol–water partition coefficient (Wildman–Crippen LogP) is 2.64. The first kappa shape index (κ1) is 16.4. The van der Waals surface area contributed by atoms with Crippen LogP contribution in [0.15, 0.2) is 18.2 Å². The Labute approximate surface area is 144 Å². The Bertz CT molecular complexity index is 619. The maximum absolute atomic E-state index is 12.4. The van der Waals surface area contributed by atoms with E-state index in [0.717, 1.165) is 19.3 Å². The molecule has 1 saturated heterocycles. The Morgan fingerprint density at radius 1 is 1.26 bits per heavy atom. The van der Waals surface area contributed by atoms with Gasteiger partial charge < -0.3 is 15.0 Å². The maximum atomic E-state index is 12.4. The number of carbonyl (C=O) groups is 2. The Morgan fingerprint density at radius 3 is 2.74 bits per heavy atom. The second kappa shape index (κ2) is 6.97. The summed E-state index contributed by atoms with van der Waals surface area (Å²) in [5.41, 5.74) is 0. The van der Waals surface area contributed by atoms with Crippen molar-refractivity contribution in [3.63, 3.8) is 0 Å². The van der Waals surface area contributed by atoms with Crippen LogP contribution >= 0.6 is 23.2 Å². The highest BCUT2D eigenvalue weighted by Gasteiger charge is 2.36. The summed E-state index contributed by atoms with van der Waals surface area (Å²) in [6, 6.07) is 4.75. The number of hydrogen-bond acceptors (Lipinski definition) is 3. The van der Waals surface area contributed by atoms with Crippen LogP contribution < -0.4 is 10.1 Å². The molecule has 7 heteroatoms. The number of likely N-dealkylation sites (tertiary alicyclic amines) is 1. The first-order chi connectivity index (χ1) is 11.0. The second-order valence-electron chi connectivity index (χ2n) is 5.89. The number of amides is 2. The Hall–Kier alpha value is -1.46. The predicted molar refractivity (Wildman–Crippen MR) is 87.9 cm³/mol. The van der Waals surface area contributed by atoms with Crippen LogP contribution in [0.2, 0.25) is 10.0 Å². The molecule has 1 aromatic carbocycles. The van der Waals surface area contributed by atoms with Gasteiger partial charge in [0.25, 0.3) is 5.91 Å². The van der Waals surface area contributed by atoms with Gasteiger partial charge in [0.15, 0.2) is 6.61 Å². The molecular weight excluding hydrogens is 339 g/mol. The number of nitrogens with zero attached hydrogens (tertiary/aromatic N) is 1. The van der Waals surface area contributed by atoms with Crippen LogP contribution in [0.25, 0.3) is 0 Å². The summed E-state index contributed by atoms with van der Waals surface area (Å²) >= 11 is 11.8. The van der Waals surface area contributed by atoms with E-state index < -0.39 is 0 Å². The van der Waals surface area contributed by atoms with E-state index >= 15 is 0 Å². The fourth-order valence-electron chi connectivity index (χ4n) is 2.68. The highest BCUT2D eigenvalue weighted by Crippen LogP contribution is 2.28. The van der Waals surface area contributed by atoms with Crippen LogP contribution in [-0.2, 0) is 9.59 Å². The minimum atomic E-state index is -0.382. The van der Waals surface area contributed by atoms with Crippen LogP contribution in [-0.4, -0.2) is 41.9 Å². The van der Waals surface area contributed by atoms with Crippen LogP contribution in [0, 0.1) is 0 Å². The largest absolute Gasteiger partial charge is 0.482 e. The molecule has 5 nitrogen and oxygen atoms in total. The molecule has 0 spiro atoms. The first-order valence-electron chi connectivity index (χ1n) is 7.72. The molecule has 2 fully saturated rings. The van der Waals surface area contributed by atoms with Gasteiger partial charge >= 0.3 is 0 Å². The van der Waals surface area contributed by atoms with Crippen LogP contribution in [0.1, 0.15) is 25.7 Å². The maximum Gasteiger partial charge on any atom is 0.261 e. The van der Waals surface area contributed by atoms with Crippen LogP contribution in [0.4, 0.5) is 0 Å². The van der Waals surface area contributed by atoms with E-state index in [-0.39, 0.29) is 24.5 Å². The number of carbonyl (C=O) groups excluding carboxylic acids is 2. The summed E-state index contributed by atoms with van der Waals surface area (Å²) in [5, 5.41) is 3.82. The number of ether oxygens (including phenoxy) is 1. The quantitative estimate of drug-likeness (QED) is 0.882. The molecule has 2 amide bonds. The molecule has 1 unspecified atom stereocenters. The first-order valence-corrected chi connectivity index (χ1v) is 8.48. The molecule has 1 saturated carbocycles. The fraction of sp³-hybridized carbons (Fsp3) is 0.500. The van der Waals surface area contributed by atoms with E-state index in [9.17, 15) is 9.59 Å². The lowest BCUT2D eigenvalue weighted by Gasteiger charge is -2.24. The van der Waals surface area contributed by atoms with Crippen molar-refractivity contribution in [3.8, 4) is 5.75 Å². The lowest BCUT2D eigenvalue weighted by Crippen LogP contribution is -2.47. The molecule has 3 rings (SSSR count). The molecule has 1 aromatic rings. The van der Waals surface area contributed by atoms with Gasteiger partial charge in [-0.05, 0) is 43.9 Å². The van der Waals surface area contributed by atoms with Gasteiger partial charge in [-0.15, -0.1) is 0 Å². The van der Waals surface area contributed by atoms with E-state index in [2.05, 4.69) is 5.32 Å². The van der Waals surface area contributed by atoms with Crippen molar-refractivity contribution >= 4 is 35.0 Å². The number of halogens is 2. The third-order valence-electron chi connectivity index (χ3n) is 4.04. The zero-order valence-corrected chi connectivity index (χ0v) is 14.1. The summed E-state index contributed by atoms with van der Waals surface area (Å²) in [4.78, 5) is 26.2. The molecule has 0 aromatic heterocycles. The van der Waals surface area contributed by atoms with Crippen LogP contribution in [0.5, 0.6) is 5.75 Å². The van der Waals surface area contributed by atoms with Gasteiger partial charge in [-0.2, -0.15) is 0 Å². The highest BCUT2D eigenvalue weighted by atomic mass is 35.5. The number of nitrogens with one attached hydrogen (secondary N) is 1. The lowest BCUT2D eigenvalue weighted by molar-refractivity contribution is -0.140. The molecule has 1 aliphatic carbocycles. The van der Waals surface area contributed by atoms with Gasteiger partial charge in [-0.25, -0.2) is 0 Å². The SMILES string of the molecule is O=C(NC1CC1)C1CCCN1C(=O)COc1ccc(Cl)cc1Cl. The Morgan fingerprint density at radius 2 is 2.04 bits per heavy atom. The van der Waals surface area contributed by atoms with E-state index in [1.807, 2.05) is 0 Å². The molecule has 0 bridgehead atoms. The van der Waals surface area contributed by atoms with Gasteiger partial charge in [0.05, 0.1) is 5.02 Å². The average Bonchev–Trinajstić information content (AvgIpc) is 3.17. The topological polar surface area (TPSA) is 58.6 Å². The molecule has 124 valence electrons. The summed E-state index contributed by atoms with van der Waals surface area (Å²) in [6.45, 7) is 0.438. The molecule has 23 heavy (non-hydrogen) atoms. The zero-order valence-electron chi connectivity index (χ0n) is 12.6. The molecular formula is C16H18Cl2N2O3. The molecule has 1 heterocycles. The lowest BCUT2D eigenvalue weighted by atomic mass is 10.2. The van der Waals surface area contributed by atoms with E-state index in [0.29, 0.717) is 34.8 Å². The van der Waals surface area contributed by atoms with Gasteiger partial charge in [0.1, 0.15) is 11.8 Å². The molecule has 0 radical (unpaired) electrons. The van der Waals surface area contributed by atoms with E-state index in [1.165, 1.54) is 0 Å². The van der Waals surface area contributed by atoms with E-state index in [4.69, 9.17) is 27.9 Å². The molecule has 1 aliphatic heterocycles. The van der Waals surface area contributed by atoms with Crippen molar-refractivity contribution in [1.29, 1.82) is 0 Å². The van der Waals surface area contributed by atoms with Gasteiger partial charge in [-0.3, -0.25) is 9.59 Å². The fourth-order valence-corrected chi connectivity index (χ4v) is 3.14. The monoisotopic (exact) mass is 356 g/mol. The smallest absolute Gasteiger partial charge is 0.261 e. The zero-order chi connectivity index (χ0) is 16.4. The van der Waals surface area contributed by atoms with Crippen molar-refractivity contribution in [1.82, 2.24) is 10.2 Å². The van der Waals surface area contributed by atoms with Crippen molar-refractivity contribution < 1.29 is 14.3 Å². The Balaban J connectivity index is 1.57. The van der Waals surface area contributed by atoms with Crippen molar-refractivity contribution in [2.75, 3.05) is 13.2 Å². The highest BCUT2D eigenvalue weighted by molar-refractivity contribution is 6.35. The Kier molecular flexibility index (Phi) is 4.97. The van der Waals surface area contributed by atoms with Crippen molar-refractivity contribution in [3.05, 3.63) is 28.2 Å². The number of rotatable bonds is 5. The third kappa shape index (κ3) is 4.09. The van der Waals surface area contributed by atoms with Gasteiger partial charge in [0.2, 0.25) is 5.91 Å².